The fraction of sp³-hybridized carbons (Fsp3) is 0.917. The summed E-state index contributed by atoms with van der Waals surface area (Å²) in [5, 5.41) is 3.26. The van der Waals surface area contributed by atoms with Crippen molar-refractivity contribution in [2.45, 2.75) is 51.6 Å². The lowest BCUT2D eigenvalue weighted by Crippen LogP contribution is -2.57. The molecule has 0 saturated heterocycles. The van der Waals surface area contributed by atoms with Crippen molar-refractivity contribution in [2.75, 3.05) is 13.2 Å². The summed E-state index contributed by atoms with van der Waals surface area (Å²) in [6.45, 7) is 7.18. The van der Waals surface area contributed by atoms with E-state index in [1.54, 1.807) is 0 Å². The van der Waals surface area contributed by atoms with E-state index in [9.17, 15) is 4.79 Å². The molecule has 0 aliphatic heterocycles. The Bertz CT molecular complexity index is 239. The van der Waals surface area contributed by atoms with Crippen LogP contribution < -0.4 is 11.1 Å². The summed E-state index contributed by atoms with van der Waals surface area (Å²) in [7, 11) is 0. The summed E-state index contributed by atoms with van der Waals surface area (Å²) < 4.78 is 5.54. The number of hydrogen-bond acceptors (Lipinski definition) is 3. The molecule has 1 unspecified atom stereocenters. The van der Waals surface area contributed by atoms with Gasteiger partial charge < -0.3 is 10.5 Å². The number of nitrogens with two attached hydrogens (primary N) is 1. The summed E-state index contributed by atoms with van der Waals surface area (Å²) in [5.41, 5.74) is 4.70. The van der Waals surface area contributed by atoms with Crippen LogP contribution in [0.25, 0.3) is 0 Å². The Balaban J connectivity index is 2.29. The number of carbonyl (C=O) groups excluding carboxylic acids is 1. The van der Waals surface area contributed by atoms with Crippen LogP contribution in [0.3, 0.4) is 0 Å². The highest BCUT2D eigenvalue weighted by atomic mass is 16.5. The Morgan fingerprint density at radius 1 is 1.56 bits per heavy atom. The van der Waals surface area contributed by atoms with Gasteiger partial charge in [0.2, 0.25) is 5.91 Å². The van der Waals surface area contributed by atoms with Crippen LogP contribution in [-0.2, 0) is 9.53 Å². The Kier molecular flexibility index (Phi) is 4.74. The largest absolute Gasteiger partial charge is 0.379 e. The molecular weight excluding hydrogens is 204 g/mol. The predicted octanol–water partition coefficient (Wildman–Crippen LogP) is 1.05. The highest BCUT2D eigenvalue weighted by molar-refractivity contribution is 5.84. The average Bonchev–Trinajstić information content (AvgIpc) is 2.96. The third kappa shape index (κ3) is 4.49. The van der Waals surface area contributed by atoms with Gasteiger partial charge in [0.1, 0.15) is 5.54 Å². The highest BCUT2D eigenvalue weighted by Gasteiger charge is 2.37. The van der Waals surface area contributed by atoms with Crippen molar-refractivity contribution < 1.29 is 9.53 Å². The molecular formula is C12H24N2O2. The quantitative estimate of drug-likeness (QED) is 0.610. The first kappa shape index (κ1) is 13.5. The van der Waals surface area contributed by atoms with Crippen molar-refractivity contribution >= 4 is 5.91 Å². The zero-order chi connectivity index (χ0) is 12.2. The fourth-order valence-electron chi connectivity index (χ4n) is 1.46. The highest BCUT2D eigenvalue weighted by Crippen LogP contribution is 2.22. The molecule has 1 rings (SSSR count). The number of ether oxygens (including phenoxy) is 1. The van der Waals surface area contributed by atoms with Gasteiger partial charge in [0.25, 0.3) is 0 Å². The lowest BCUT2D eigenvalue weighted by Gasteiger charge is -2.27. The van der Waals surface area contributed by atoms with E-state index in [1.165, 1.54) is 0 Å². The molecule has 4 heteroatoms. The molecule has 0 aromatic rings. The van der Waals surface area contributed by atoms with Crippen molar-refractivity contribution in [2.24, 2.45) is 11.7 Å². The van der Waals surface area contributed by atoms with Crippen LogP contribution in [0.2, 0.25) is 0 Å². The molecule has 0 spiro atoms. The molecule has 1 amide bonds. The van der Waals surface area contributed by atoms with Gasteiger partial charge in [-0.25, -0.2) is 0 Å². The maximum Gasteiger partial charge on any atom is 0.239 e. The monoisotopic (exact) mass is 228 g/mol. The number of hydrogen-bond donors (Lipinski definition) is 2. The first-order chi connectivity index (χ1) is 7.44. The first-order valence-electron chi connectivity index (χ1n) is 6.09. The lowest BCUT2D eigenvalue weighted by molar-refractivity contribution is -0.126. The van der Waals surface area contributed by atoms with E-state index in [4.69, 9.17) is 10.5 Å². The van der Waals surface area contributed by atoms with Crippen LogP contribution in [-0.4, -0.2) is 30.7 Å². The van der Waals surface area contributed by atoms with Gasteiger partial charge in [0.05, 0.1) is 6.61 Å². The Labute approximate surface area is 97.9 Å². The van der Waals surface area contributed by atoms with Crippen LogP contribution in [0.4, 0.5) is 0 Å². The van der Waals surface area contributed by atoms with E-state index in [0.717, 1.165) is 19.3 Å². The van der Waals surface area contributed by atoms with Gasteiger partial charge in [0.15, 0.2) is 0 Å². The summed E-state index contributed by atoms with van der Waals surface area (Å²) in [4.78, 5) is 11.4. The maximum atomic E-state index is 11.4. The molecule has 3 N–H and O–H groups in total. The minimum absolute atomic E-state index is 0.330. The molecule has 0 aromatic heterocycles. The standard InChI is InChI=1S/C12H24N2O2/c1-9(2)6-7-16-8-12(3,11(13)15)14-10-4-5-10/h9-10,14H,4-8H2,1-3H3,(H2,13,15). The van der Waals surface area contributed by atoms with Gasteiger partial charge in [-0.15, -0.1) is 0 Å². The molecule has 0 bridgehead atoms. The Morgan fingerprint density at radius 3 is 2.62 bits per heavy atom. The van der Waals surface area contributed by atoms with Crippen molar-refractivity contribution in [1.82, 2.24) is 5.32 Å². The van der Waals surface area contributed by atoms with Crippen LogP contribution in [0.1, 0.15) is 40.0 Å². The fourth-order valence-corrected chi connectivity index (χ4v) is 1.46. The lowest BCUT2D eigenvalue weighted by atomic mass is 10.0. The van der Waals surface area contributed by atoms with E-state index >= 15 is 0 Å². The molecule has 0 aromatic carbocycles. The van der Waals surface area contributed by atoms with Gasteiger partial charge in [-0.05, 0) is 32.1 Å². The molecule has 4 nitrogen and oxygen atoms in total. The SMILES string of the molecule is CC(C)CCOCC(C)(NC1CC1)C(N)=O. The summed E-state index contributed by atoms with van der Waals surface area (Å²) in [5.74, 6) is 0.292. The summed E-state index contributed by atoms with van der Waals surface area (Å²) in [6.07, 6.45) is 3.28. The van der Waals surface area contributed by atoms with Crippen LogP contribution in [0.15, 0.2) is 0 Å². The second-order valence-corrected chi connectivity index (χ2v) is 5.35. The number of primary amides is 1. The van der Waals surface area contributed by atoms with Gasteiger partial charge in [0, 0.05) is 12.6 Å². The van der Waals surface area contributed by atoms with E-state index in [-0.39, 0.29) is 5.91 Å². The van der Waals surface area contributed by atoms with E-state index in [2.05, 4.69) is 19.2 Å². The normalized spacial score (nSPS) is 19.8. The van der Waals surface area contributed by atoms with Crippen molar-refractivity contribution in [1.29, 1.82) is 0 Å². The van der Waals surface area contributed by atoms with Crippen molar-refractivity contribution in [3.05, 3.63) is 0 Å². The number of nitrogens with one attached hydrogen (secondary N) is 1. The smallest absolute Gasteiger partial charge is 0.239 e. The third-order valence-electron chi connectivity index (χ3n) is 2.87. The first-order valence-corrected chi connectivity index (χ1v) is 6.09. The van der Waals surface area contributed by atoms with Gasteiger partial charge in [-0.2, -0.15) is 0 Å². The number of rotatable bonds is 8. The molecule has 0 radical (unpaired) electrons. The molecule has 1 aliphatic rings. The number of carbonyl (C=O) groups is 1. The van der Waals surface area contributed by atoms with Crippen molar-refractivity contribution in [3.8, 4) is 0 Å². The van der Waals surface area contributed by atoms with E-state index in [0.29, 0.717) is 25.2 Å². The topological polar surface area (TPSA) is 64.3 Å². The molecule has 0 heterocycles. The minimum atomic E-state index is -0.710. The van der Waals surface area contributed by atoms with E-state index < -0.39 is 5.54 Å². The molecule has 1 atom stereocenters. The molecule has 1 fully saturated rings. The van der Waals surface area contributed by atoms with Gasteiger partial charge in [-0.3, -0.25) is 10.1 Å². The van der Waals surface area contributed by atoms with Gasteiger partial charge >= 0.3 is 0 Å². The van der Waals surface area contributed by atoms with Crippen LogP contribution in [0.5, 0.6) is 0 Å². The average molecular weight is 228 g/mol. The predicted molar refractivity (Wildman–Crippen MR) is 64.0 cm³/mol. The molecule has 16 heavy (non-hydrogen) atoms. The molecule has 94 valence electrons. The third-order valence-corrected chi connectivity index (χ3v) is 2.87. The zero-order valence-electron chi connectivity index (χ0n) is 10.6. The zero-order valence-corrected chi connectivity index (χ0v) is 10.6. The second-order valence-electron chi connectivity index (χ2n) is 5.35. The van der Waals surface area contributed by atoms with Crippen LogP contribution >= 0.6 is 0 Å². The van der Waals surface area contributed by atoms with Crippen LogP contribution in [0, 0.1) is 5.92 Å². The summed E-state index contributed by atoms with van der Waals surface area (Å²) >= 11 is 0. The molecule has 1 aliphatic carbocycles. The van der Waals surface area contributed by atoms with Crippen molar-refractivity contribution in [3.63, 3.8) is 0 Å². The second kappa shape index (κ2) is 5.64. The van der Waals surface area contributed by atoms with Gasteiger partial charge in [-0.1, -0.05) is 13.8 Å². The maximum absolute atomic E-state index is 11.4. The summed E-state index contributed by atoms with van der Waals surface area (Å²) in [6, 6.07) is 0.450. The van der Waals surface area contributed by atoms with E-state index in [1.807, 2.05) is 6.92 Å². The Hall–Kier alpha value is -0.610. The Morgan fingerprint density at radius 2 is 2.19 bits per heavy atom. The minimum Gasteiger partial charge on any atom is -0.379 e. The number of amides is 1. The molecule has 1 saturated carbocycles.